The lowest BCUT2D eigenvalue weighted by atomic mass is 9.91. The first kappa shape index (κ1) is 13.7. The predicted molar refractivity (Wildman–Crippen MR) is 83.4 cm³/mol. The van der Waals surface area contributed by atoms with Crippen LogP contribution in [0.25, 0.3) is 0 Å². The van der Waals surface area contributed by atoms with Gasteiger partial charge in [-0.05, 0) is 38.5 Å². The minimum absolute atomic E-state index is 0.715. The molecule has 2 unspecified atom stereocenters. The number of piperidine rings is 1. The van der Waals surface area contributed by atoms with E-state index in [2.05, 4.69) is 29.0 Å². The fraction of sp³-hybridized carbons (Fsp3) is 0.750. The fourth-order valence-electron chi connectivity index (χ4n) is 3.95. The maximum Gasteiger partial charge on any atom is 0.137 e. The number of hydrogen-bond donors (Lipinski definition) is 1. The minimum Gasteiger partial charge on any atom is -0.373 e. The van der Waals surface area contributed by atoms with Crippen molar-refractivity contribution in [2.45, 2.75) is 58.4 Å². The summed E-state index contributed by atoms with van der Waals surface area (Å²) in [7, 11) is 1.95. The molecule has 4 nitrogen and oxygen atoms in total. The molecule has 0 amide bonds. The Morgan fingerprint density at radius 3 is 2.75 bits per heavy atom. The van der Waals surface area contributed by atoms with Gasteiger partial charge in [-0.25, -0.2) is 9.97 Å². The molecule has 1 saturated carbocycles. The van der Waals surface area contributed by atoms with Gasteiger partial charge in [0.15, 0.2) is 0 Å². The number of aryl methyl sites for hydroxylation is 1. The normalized spacial score (nSPS) is 25.6. The molecule has 1 N–H and O–H groups in total. The molecule has 1 aromatic heterocycles. The molecule has 4 heteroatoms. The molecular weight excluding hydrogens is 248 g/mol. The van der Waals surface area contributed by atoms with Crippen molar-refractivity contribution >= 4 is 11.6 Å². The lowest BCUT2D eigenvalue weighted by molar-refractivity contribution is 0.360. The summed E-state index contributed by atoms with van der Waals surface area (Å²) in [5.41, 5.74) is 1.21. The molecule has 2 aliphatic rings. The largest absolute Gasteiger partial charge is 0.373 e. The predicted octanol–water partition coefficient (Wildman–Crippen LogP) is 3.16. The number of aromatic nitrogens is 2. The second-order valence-corrected chi connectivity index (χ2v) is 6.13. The van der Waals surface area contributed by atoms with Gasteiger partial charge in [-0.15, -0.1) is 0 Å². The molecule has 3 rings (SSSR count). The average Bonchev–Trinajstić information content (AvgIpc) is 2.96. The number of anilines is 2. The van der Waals surface area contributed by atoms with E-state index < -0.39 is 0 Å². The Morgan fingerprint density at radius 1 is 1.20 bits per heavy atom. The highest BCUT2D eigenvalue weighted by molar-refractivity contribution is 5.59. The number of rotatable bonds is 3. The van der Waals surface area contributed by atoms with Crippen molar-refractivity contribution in [3.8, 4) is 0 Å². The zero-order valence-corrected chi connectivity index (χ0v) is 12.9. The van der Waals surface area contributed by atoms with Crippen LogP contribution in [-0.4, -0.2) is 29.6 Å². The summed E-state index contributed by atoms with van der Waals surface area (Å²) in [6.45, 7) is 5.44. The molecule has 1 aliphatic heterocycles. The van der Waals surface area contributed by atoms with Crippen molar-refractivity contribution in [2.24, 2.45) is 5.92 Å². The summed E-state index contributed by atoms with van der Waals surface area (Å²) in [6, 6.07) is 0.715. The van der Waals surface area contributed by atoms with Gasteiger partial charge in [-0.2, -0.15) is 0 Å². The molecular formula is C16H26N4. The second-order valence-electron chi connectivity index (χ2n) is 6.13. The summed E-state index contributed by atoms with van der Waals surface area (Å²) < 4.78 is 0. The van der Waals surface area contributed by atoms with E-state index in [-0.39, 0.29) is 0 Å². The highest BCUT2D eigenvalue weighted by Crippen LogP contribution is 2.40. The Hall–Kier alpha value is -1.32. The monoisotopic (exact) mass is 274 g/mol. The summed E-state index contributed by atoms with van der Waals surface area (Å²) in [5.74, 6) is 4.01. The second kappa shape index (κ2) is 5.58. The van der Waals surface area contributed by atoms with Crippen LogP contribution in [0.3, 0.4) is 0 Å². The van der Waals surface area contributed by atoms with Gasteiger partial charge in [0, 0.05) is 31.6 Å². The maximum atomic E-state index is 4.86. The third-order valence-corrected chi connectivity index (χ3v) is 4.98. The van der Waals surface area contributed by atoms with Crippen molar-refractivity contribution in [1.82, 2.24) is 9.97 Å². The average molecular weight is 274 g/mol. The molecule has 1 aliphatic carbocycles. The van der Waals surface area contributed by atoms with Crippen LogP contribution in [0, 0.1) is 12.8 Å². The summed E-state index contributed by atoms with van der Waals surface area (Å²) in [4.78, 5) is 12.0. The Labute approximate surface area is 122 Å². The number of hydrogen-bond acceptors (Lipinski definition) is 4. The Kier molecular flexibility index (Phi) is 3.81. The molecule has 2 atom stereocenters. The molecule has 0 aromatic carbocycles. The van der Waals surface area contributed by atoms with Gasteiger partial charge in [0.25, 0.3) is 0 Å². The van der Waals surface area contributed by atoms with Gasteiger partial charge in [-0.3, -0.25) is 0 Å². The lowest BCUT2D eigenvalue weighted by Crippen LogP contribution is -2.43. The number of fused-ring (bicyclic) bond motifs is 1. The van der Waals surface area contributed by atoms with E-state index in [1.807, 2.05) is 7.05 Å². The molecule has 2 fully saturated rings. The zero-order valence-electron chi connectivity index (χ0n) is 12.9. The smallest absolute Gasteiger partial charge is 0.137 e. The summed E-state index contributed by atoms with van der Waals surface area (Å²) >= 11 is 0. The van der Waals surface area contributed by atoms with Crippen LogP contribution in [0.2, 0.25) is 0 Å². The van der Waals surface area contributed by atoms with E-state index in [9.17, 15) is 0 Å². The third-order valence-electron chi connectivity index (χ3n) is 4.98. The van der Waals surface area contributed by atoms with Crippen molar-refractivity contribution < 1.29 is 0 Å². The van der Waals surface area contributed by atoms with Gasteiger partial charge in [0.2, 0.25) is 0 Å². The van der Waals surface area contributed by atoms with Crippen LogP contribution in [0.1, 0.15) is 50.4 Å². The van der Waals surface area contributed by atoms with E-state index in [0.717, 1.165) is 30.5 Å². The van der Waals surface area contributed by atoms with Crippen molar-refractivity contribution in [3.63, 3.8) is 0 Å². The quantitative estimate of drug-likeness (QED) is 0.919. The molecule has 0 spiro atoms. The molecule has 1 saturated heterocycles. The minimum atomic E-state index is 0.715. The van der Waals surface area contributed by atoms with Gasteiger partial charge in [-0.1, -0.05) is 13.3 Å². The van der Waals surface area contributed by atoms with Crippen molar-refractivity contribution in [2.75, 3.05) is 23.8 Å². The first-order chi connectivity index (χ1) is 9.74. The highest BCUT2D eigenvalue weighted by atomic mass is 15.2. The molecule has 1 aromatic rings. The van der Waals surface area contributed by atoms with Gasteiger partial charge < -0.3 is 10.2 Å². The van der Waals surface area contributed by atoms with E-state index in [0.29, 0.717) is 6.04 Å². The van der Waals surface area contributed by atoms with Crippen LogP contribution in [0.4, 0.5) is 11.6 Å². The molecule has 0 bridgehead atoms. The highest BCUT2D eigenvalue weighted by Gasteiger charge is 2.36. The van der Waals surface area contributed by atoms with E-state index >= 15 is 0 Å². The van der Waals surface area contributed by atoms with E-state index in [4.69, 9.17) is 4.98 Å². The van der Waals surface area contributed by atoms with Crippen LogP contribution < -0.4 is 10.2 Å². The maximum absolute atomic E-state index is 4.86. The van der Waals surface area contributed by atoms with Crippen molar-refractivity contribution in [3.05, 3.63) is 11.4 Å². The molecule has 0 radical (unpaired) electrons. The summed E-state index contributed by atoms with van der Waals surface area (Å²) in [6.07, 6.45) is 7.74. The standard InChI is InChI=1S/C16H26N4/c1-4-14-18-15(17-3)11(2)16(19-14)20-10-6-8-12-7-5-9-13(12)20/h12-13H,4-10H2,1-3H3,(H,17,18,19). The van der Waals surface area contributed by atoms with Gasteiger partial charge >= 0.3 is 0 Å². The third kappa shape index (κ3) is 2.25. The lowest BCUT2D eigenvalue weighted by Gasteiger charge is -2.39. The molecule has 2 heterocycles. The molecule has 20 heavy (non-hydrogen) atoms. The van der Waals surface area contributed by atoms with Crippen LogP contribution in [-0.2, 0) is 6.42 Å². The zero-order chi connectivity index (χ0) is 14.1. The fourth-order valence-corrected chi connectivity index (χ4v) is 3.95. The Bertz CT molecular complexity index is 486. The van der Waals surface area contributed by atoms with E-state index in [1.54, 1.807) is 0 Å². The van der Waals surface area contributed by atoms with Crippen LogP contribution in [0.5, 0.6) is 0 Å². The Morgan fingerprint density at radius 2 is 2.00 bits per heavy atom. The van der Waals surface area contributed by atoms with E-state index in [1.165, 1.54) is 43.5 Å². The molecule has 110 valence electrons. The topological polar surface area (TPSA) is 41.1 Å². The van der Waals surface area contributed by atoms with Crippen LogP contribution in [0.15, 0.2) is 0 Å². The van der Waals surface area contributed by atoms with Crippen molar-refractivity contribution in [1.29, 1.82) is 0 Å². The number of nitrogens with one attached hydrogen (secondary N) is 1. The first-order valence-electron chi connectivity index (χ1n) is 8.06. The van der Waals surface area contributed by atoms with Gasteiger partial charge in [0.1, 0.15) is 17.5 Å². The van der Waals surface area contributed by atoms with Crippen LogP contribution >= 0.6 is 0 Å². The first-order valence-corrected chi connectivity index (χ1v) is 8.06. The SMILES string of the molecule is CCc1nc(NC)c(C)c(N2CCCC3CCCC32)n1. The van der Waals surface area contributed by atoms with Gasteiger partial charge in [0.05, 0.1) is 0 Å². The number of nitrogens with zero attached hydrogens (tertiary/aromatic N) is 3. The Balaban J connectivity index is 1.99. The summed E-state index contributed by atoms with van der Waals surface area (Å²) in [5, 5.41) is 3.23.